The molecule has 1 heterocycles. The maximum atomic E-state index is 11.7. The Morgan fingerprint density at radius 3 is 2.68 bits per heavy atom. The molecule has 0 saturated carbocycles. The number of halogens is 2. The molecule has 1 amide bonds. The number of hydrogen-bond donors (Lipinski definition) is 1. The Labute approximate surface area is 124 Å². The molecule has 0 atom stereocenters. The molecule has 1 aromatic heterocycles. The van der Waals surface area contributed by atoms with Gasteiger partial charge in [0.05, 0.1) is 0 Å². The van der Waals surface area contributed by atoms with E-state index in [9.17, 15) is 4.79 Å². The van der Waals surface area contributed by atoms with Crippen molar-refractivity contribution < 1.29 is 4.79 Å². The first kappa shape index (κ1) is 13.8. The van der Waals surface area contributed by atoms with Gasteiger partial charge in [0, 0.05) is 21.8 Å². The number of nitrogens with zero attached hydrogens (tertiary/aromatic N) is 1. The Hall–Kier alpha value is -1.65. The summed E-state index contributed by atoms with van der Waals surface area (Å²) in [5.74, 6) is 0.265. The van der Waals surface area contributed by atoms with Crippen molar-refractivity contribution in [1.29, 1.82) is 0 Å². The number of anilines is 1. The quantitative estimate of drug-likeness (QED) is 0.855. The second-order valence-corrected chi connectivity index (χ2v) is 5.09. The lowest BCUT2D eigenvalue weighted by Gasteiger charge is -2.01. The molecule has 2 aromatic rings. The highest BCUT2D eigenvalue weighted by Crippen LogP contribution is 2.13. The summed E-state index contributed by atoms with van der Waals surface area (Å²) >= 11 is 9.09. The van der Waals surface area contributed by atoms with Crippen LogP contribution in [0.5, 0.6) is 0 Å². The van der Waals surface area contributed by atoms with Gasteiger partial charge in [0.25, 0.3) is 0 Å². The van der Waals surface area contributed by atoms with Crippen molar-refractivity contribution >= 4 is 45.3 Å². The molecule has 1 aromatic carbocycles. The lowest BCUT2D eigenvalue weighted by atomic mass is 10.2. The predicted octanol–water partition coefficient (Wildman–Crippen LogP) is 4.15. The van der Waals surface area contributed by atoms with Gasteiger partial charge in [-0.05, 0) is 35.9 Å². The normalized spacial score (nSPS) is 10.6. The minimum Gasteiger partial charge on any atom is -0.307 e. The SMILES string of the molecule is O=C(/C=C/c1ccc(Cl)cc1)Nc1cc(Br)ccn1. The molecule has 0 aliphatic carbocycles. The first-order valence-electron chi connectivity index (χ1n) is 5.50. The fourth-order valence-corrected chi connectivity index (χ4v) is 1.85. The zero-order chi connectivity index (χ0) is 13.7. The van der Waals surface area contributed by atoms with E-state index in [1.165, 1.54) is 6.08 Å². The number of carbonyl (C=O) groups is 1. The Balaban J connectivity index is 1.99. The predicted molar refractivity (Wildman–Crippen MR) is 81.1 cm³/mol. The van der Waals surface area contributed by atoms with E-state index in [4.69, 9.17) is 11.6 Å². The molecule has 3 nitrogen and oxygen atoms in total. The molecule has 0 radical (unpaired) electrons. The monoisotopic (exact) mass is 336 g/mol. The fourth-order valence-electron chi connectivity index (χ4n) is 1.39. The fraction of sp³-hybridized carbons (Fsp3) is 0. The molecule has 0 spiro atoms. The summed E-state index contributed by atoms with van der Waals surface area (Å²) in [6.07, 6.45) is 4.78. The lowest BCUT2D eigenvalue weighted by Crippen LogP contribution is -2.08. The van der Waals surface area contributed by atoms with Gasteiger partial charge in [-0.15, -0.1) is 0 Å². The van der Waals surface area contributed by atoms with Crippen molar-refractivity contribution in [3.63, 3.8) is 0 Å². The van der Waals surface area contributed by atoms with Crippen LogP contribution in [0, 0.1) is 0 Å². The van der Waals surface area contributed by atoms with Crippen molar-refractivity contribution in [3.8, 4) is 0 Å². The van der Waals surface area contributed by atoms with Gasteiger partial charge in [-0.2, -0.15) is 0 Å². The zero-order valence-corrected chi connectivity index (χ0v) is 12.1. The number of pyridine rings is 1. The van der Waals surface area contributed by atoms with E-state index in [1.54, 1.807) is 36.5 Å². The summed E-state index contributed by atoms with van der Waals surface area (Å²) in [6, 6.07) is 10.7. The minimum atomic E-state index is -0.236. The average Bonchev–Trinajstić information content (AvgIpc) is 2.38. The molecule has 1 N–H and O–H groups in total. The van der Waals surface area contributed by atoms with Crippen LogP contribution in [0.25, 0.3) is 6.08 Å². The van der Waals surface area contributed by atoms with Crippen LogP contribution < -0.4 is 5.32 Å². The highest BCUT2D eigenvalue weighted by molar-refractivity contribution is 9.10. The van der Waals surface area contributed by atoms with Crippen LogP contribution in [0.4, 0.5) is 5.82 Å². The van der Waals surface area contributed by atoms with E-state index >= 15 is 0 Å². The van der Waals surface area contributed by atoms with Crippen molar-refractivity contribution in [3.05, 3.63) is 63.7 Å². The summed E-state index contributed by atoms with van der Waals surface area (Å²) < 4.78 is 0.861. The highest BCUT2D eigenvalue weighted by atomic mass is 79.9. The summed E-state index contributed by atoms with van der Waals surface area (Å²) in [6.45, 7) is 0. The molecule has 0 unspecified atom stereocenters. The zero-order valence-electron chi connectivity index (χ0n) is 9.81. The number of aromatic nitrogens is 1. The van der Waals surface area contributed by atoms with E-state index in [1.807, 2.05) is 12.1 Å². The number of carbonyl (C=O) groups excluding carboxylic acids is 1. The Bertz CT molecular complexity index is 611. The highest BCUT2D eigenvalue weighted by Gasteiger charge is 1.99. The van der Waals surface area contributed by atoms with Crippen LogP contribution in [0.15, 0.2) is 53.1 Å². The first-order chi connectivity index (χ1) is 9.13. The van der Waals surface area contributed by atoms with E-state index < -0.39 is 0 Å². The van der Waals surface area contributed by atoms with Gasteiger partial charge in [0.15, 0.2) is 0 Å². The molecule has 0 saturated heterocycles. The largest absolute Gasteiger partial charge is 0.307 e. The summed E-state index contributed by atoms with van der Waals surface area (Å²) in [7, 11) is 0. The summed E-state index contributed by atoms with van der Waals surface area (Å²) in [4.78, 5) is 15.7. The Morgan fingerprint density at radius 1 is 1.26 bits per heavy atom. The molecule has 19 heavy (non-hydrogen) atoms. The topological polar surface area (TPSA) is 42.0 Å². The smallest absolute Gasteiger partial charge is 0.249 e. The number of nitrogens with one attached hydrogen (secondary N) is 1. The second kappa shape index (κ2) is 6.50. The van der Waals surface area contributed by atoms with Crippen molar-refractivity contribution in [2.24, 2.45) is 0 Å². The molecule has 0 aliphatic rings. The molecule has 0 aliphatic heterocycles. The van der Waals surface area contributed by atoms with Crippen LogP contribution in [0.2, 0.25) is 5.02 Å². The Morgan fingerprint density at radius 2 is 2.00 bits per heavy atom. The standard InChI is InChI=1S/C14H10BrClN2O/c15-11-7-8-17-13(9-11)18-14(19)6-3-10-1-4-12(16)5-2-10/h1-9H,(H,17,18,19)/b6-3+. The van der Waals surface area contributed by atoms with Gasteiger partial charge in [-0.3, -0.25) is 4.79 Å². The van der Waals surface area contributed by atoms with Gasteiger partial charge >= 0.3 is 0 Å². The first-order valence-corrected chi connectivity index (χ1v) is 6.67. The van der Waals surface area contributed by atoms with Gasteiger partial charge in [0.2, 0.25) is 5.91 Å². The van der Waals surface area contributed by atoms with Gasteiger partial charge in [-0.25, -0.2) is 4.98 Å². The third kappa shape index (κ3) is 4.50. The third-order valence-electron chi connectivity index (χ3n) is 2.27. The van der Waals surface area contributed by atoms with Crippen LogP contribution in [0.3, 0.4) is 0 Å². The molecule has 96 valence electrons. The molecular weight excluding hydrogens is 328 g/mol. The van der Waals surface area contributed by atoms with E-state index in [-0.39, 0.29) is 5.91 Å². The van der Waals surface area contributed by atoms with Crippen LogP contribution in [-0.4, -0.2) is 10.9 Å². The van der Waals surface area contributed by atoms with E-state index in [2.05, 4.69) is 26.2 Å². The number of amides is 1. The molecule has 0 bridgehead atoms. The minimum absolute atomic E-state index is 0.236. The van der Waals surface area contributed by atoms with Crippen LogP contribution in [-0.2, 0) is 4.79 Å². The molecule has 0 fully saturated rings. The van der Waals surface area contributed by atoms with Crippen molar-refractivity contribution in [1.82, 2.24) is 4.98 Å². The number of rotatable bonds is 3. The van der Waals surface area contributed by atoms with Crippen LogP contribution >= 0.6 is 27.5 Å². The van der Waals surface area contributed by atoms with Gasteiger partial charge in [0.1, 0.15) is 5.82 Å². The number of benzene rings is 1. The second-order valence-electron chi connectivity index (χ2n) is 3.73. The van der Waals surface area contributed by atoms with Crippen molar-refractivity contribution in [2.75, 3.05) is 5.32 Å². The maximum absolute atomic E-state index is 11.7. The lowest BCUT2D eigenvalue weighted by molar-refractivity contribution is -0.111. The van der Waals surface area contributed by atoms with Gasteiger partial charge < -0.3 is 5.32 Å². The third-order valence-corrected chi connectivity index (χ3v) is 3.02. The molecular formula is C14H10BrClN2O. The Kier molecular flexibility index (Phi) is 4.71. The molecule has 5 heteroatoms. The van der Waals surface area contributed by atoms with Gasteiger partial charge in [-0.1, -0.05) is 39.7 Å². The average molecular weight is 338 g/mol. The number of hydrogen-bond acceptors (Lipinski definition) is 2. The van der Waals surface area contributed by atoms with Crippen LogP contribution in [0.1, 0.15) is 5.56 Å². The summed E-state index contributed by atoms with van der Waals surface area (Å²) in [5.41, 5.74) is 0.904. The van der Waals surface area contributed by atoms with Crippen molar-refractivity contribution in [2.45, 2.75) is 0 Å². The summed E-state index contributed by atoms with van der Waals surface area (Å²) in [5, 5.41) is 3.34. The van der Waals surface area contributed by atoms with E-state index in [0.717, 1.165) is 10.0 Å². The van der Waals surface area contributed by atoms with E-state index in [0.29, 0.717) is 10.8 Å². The molecule has 2 rings (SSSR count). The maximum Gasteiger partial charge on any atom is 0.249 e.